The van der Waals surface area contributed by atoms with Crippen molar-refractivity contribution in [1.29, 1.82) is 0 Å². The Morgan fingerprint density at radius 3 is 2.29 bits per heavy atom. The van der Waals surface area contributed by atoms with Crippen LogP contribution in [0.4, 0.5) is 10.2 Å². The lowest BCUT2D eigenvalue weighted by Gasteiger charge is -2.39. The van der Waals surface area contributed by atoms with Crippen LogP contribution in [0.3, 0.4) is 0 Å². The molecular formula is C30H31Cl2FN4O. The molecule has 0 spiro atoms. The maximum Gasteiger partial charge on any atom is 0.254 e. The highest BCUT2D eigenvalue weighted by atomic mass is 35.5. The minimum atomic E-state index is -0.393. The Morgan fingerprint density at radius 1 is 0.868 bits per heavy atom. The van der Waals surface area contributed by atoms with Gasteiger partial charge in [0.25, 0.3) is 5.91 Å². The summed E-state index contributed by atoms with van der Waals surface area (Å²) >= 11 is 12.7. The third-order valence-corrected chi connectivity index (χ3v) is 9.11. The van der Waals surface area contributed by atoms with Crippen molar-refractivity contribution < 1.29 is 9.18 Å². The number of likely N-dealkylation sites (tertiary alicyclic amines) is 1. The highest BCUT2D eigenvalue weighted by molar-refractivity contribution is 6.42. The second kappa shape index (κ2) is 10.7. The Morgan fingerprint density at radius 2 is 1.58 bits per heavy atom. The summed E-state index contributed by atoms with van der Waals surface area (Å²) in [6.45, 7) is 1.31. The van der Waals surface area contributed by atoms with Gasteiger partial charge in [0, 0.05) is 24.9 Å². The number of hydrogen-bond donors (Lipinski definition) is 1. The minimum absolute atomic E-state index is 0.0489. The van der Waals surface area contributed by atoms with E-state index < -0.39 is 6.04 Å². The molecule has 1 saturated heterocycles. The molecular weight excluding hydrogens is 522 g/mol. The van der Waals surface area contributed by atoms with E-state index in [1.807, 2.05) is 39.9 Å². The van der Waals surface area contributed by atoms with E-state index in [9.17, 15) is 9.18 Å². The van der Waals surface area contributed by atoms with Crippen LogP contribution in [-0.4, -0.2) is 33.7 Å². The van der Waals surface area contributed by atoms with Crippen molar-refractivity contribution in [3.8, 4) is 0 Å². The molecule has 2 aromatic carbocycles. The molecule has 38 heavy (non-hydrogen) atoms. The fourth-order valence-electron chi connectivity index (χ4n) is 6.35. The lowest BCUT2D eigenvalue weighted by Crippen LogP contribution is -2.43. The number of halogens is 3. The molecule has 1 atom stereocenters. The van der Waals surface area contributed by atoms with Gasteiger partial charge < -0.3 is 10.2 Å². The second-order valence-corrected chi connectivity index (χ2v) is 11.5. The van der Waals surface area contributed by atoms with Crippen molar-refractivity contribution in [1.82, 2.24) is 14.7 Å². The van der Waals surface area contributed by atoms with Gasteiger partial charge in [0.15, 0.2) is 0 Å². The number of anilines is 1. The molecule has 0 radical (unpaired) electrons. The number of piperidine rings is 1. The van der Waals surface area contributed by atoms with Crippen LogP contribution in [0.5, 0.6) is 0 Å². The molecule has 1 unspecified atom stereocenters. The number of carbonyl (C=O) groups is 1. The fraction of sp³-hybridized carbons (Fsp3) is 0.400. The molecule has 3 heterocycles. The predicted octanol–water partition coefficient (Wildman–Crippen LogP) is 7.58. The first-order valence-corrected chi connectivity index (χ1v) is 14.3. The smallest absolute Gasteiger partial charge is 0.254 e. The molecule has 2 fully saturated rings. The summed E-state index contributed by atoms with van der Waals surface area (Å²) in [6, 6.07) is 13.9. The highest BCUT2D eigenvalue weighted by Crippen LogP contribution is 2.43. The van der Waals surface area contributed by atoms with Gasteiger partial charge in [0.1, 0.15) is 17.7 Å². The number of fused-ring (bicyclic) bond motifs is 1. The van der Waals surface area contributed by atoms with Crippen LogP contribution in [0, 0.1) is 11.7 Å². The highest BCUT2D eigenvalue weighted by Gasteiger charge is 2.39. The van der Waals surface area contributed by atoms with Crippen molar-refractivity contribution in [3.05, 3.63) is 93.0 Å². The molecule has 6 rings (SSSR count). The van der Waals surface area contributed by atoms with Gasteiger partial charge in [0.2, 0.25) is 0 Å². The summed E-state index contributed by atoms with van der Waals surface area (Å²) in [7, 11) is 0. The molecule has 5 nitrogen and oxygen atoms in total. The third kappa shape index (κ3) is 4.85. The summed E-state index contributed by atoms with van der Waals surface area (Å²) in [5.74, 6) is 1.33. The van der Waals surface area contributed by atoms with Gasteiger partial charge in [-0.15, -0.1) is 0 Å². The average molecular weight is 554 g/mol. The van der Waals surface area contributed by atoms with E-state index in [1.165, 1.54) is 18.6 Å². The summed E-state index contributed by atoms with van der Waals surface area (Å²) < 4.78 is 15.3. The van der Waals surface area contributed by atoms with Crippen LogP contribution in [0.15, 0.2) is 66.0 Å². The molecule has 1 aliphatic carbocycles. The Labute approximate surface area is 232 Å². The lowest BCUT2D eigenvalue weighted by atomic mass is 9.81. The third-order valence-electron chi connectivity index (χ3n) is 8.37. The van der Waals surface area contributed by atoms with Gasteiger partial charge in [-0.05, 0) is 72.9 Å². The summed E-state index contributed by atoms with van der Waals surface area (Å²) in [6.07, 6.45) is 9.16. The van der Waals surface area contributed by atoms with E-state index in [1.54, 1.807) is 12.3 Å². The number of nitrogens with zero attached hydrogens (tertiary/aromatic N) is 3. The molecule has 1 amide bonds. The summed E-state index contributed by atoms with van der Waals surface area (Å²) in [4.78, 5) is 16.4. The molecule has 8 heteroatoms. The van der Waals surface area contributed by atoms with Gasteiger partial charge in [-0.25, -0.2) is 9.07 Å². The van der Waals surface area contributed by atoms with E-state index in [0.29, 0.717) is 35.0 Å². The lowest BCUT2D eigenvalue weighted by molar-refractivity contribution is -0.128. The van der Waals surface area contributed by atoms with Crippen LogP contribution < -0.4 is 5.32 Å². The van der Waals surface area contributed by atoms with E-state index in [4.69, 9.17) is 23.2 Å². The van der Waals surface area contributed by atoms with Gasteiger partial charge in [0.05, 0.1) is 21.8 Å². The van der Waals surface area contributed by atoms with E-state index >= 15 is 0 Å². The zero-order valence-corrected chi connectivity index (χ0v) is 22.7. The fourth-order valence-corrected chi connectivity index (χ4v) is 6.66. The first-order chi connectivity index (χ1) is 18.5. The van der Waals surface area contributed by atoms with Crippen molar-refractivity contribution in [3.63, 3.8) is 0 Å². The monoisotopic (exact) mass is 552 g/mol. The van der Waals surface area contributed by atoms with E-state index in [-0.39, 0.29) is 11.7 Å². The summed E-state index contributed by atoms with van der Waals surface area (Å²) in [5, 5.41) is 9.19. The van der Waals surface area contributed by atoms with Crippen LogP contribution in [0.2, 0.25) is 10.0 Å². The zero-order chi connectivity index (χ0) is 26.2. The molecule has 198 valence electrons. The standard InChI is InChI=1S/C30H31Cl2FN4O/c31-24-11-8-22(18-25(24)32)29-27(28(21-4-2-1-3-5-21)35-26-12-15-34-37(26)29)30(38)36-16-13-20(14-17-36)19-6-9-23(33)10-7-19/h6-12,15,18,20-21,29,35H,1-5,13-14,16-17H2. The first-order valence-electron chi connectivity index (χ1n) is 13.5. The van der Waals surface area contributed by atoms with Crippen molar-refractivity contribution >= 4 is 34.9 Å². The van der Waals surface area contributed by atoms with Crippen LogP contribution >= 0.6 is 23.2 Å². The second-order valence-electron chi connectivity index (χ2n) is 10.6. The number of nitrogens with one attached hydrogen (secondary N) is 1. The molecule has 1 N–H and O–H groups in total. The predicted molar refractivity (Wildman–Crippen MR) is 149 cm³/mol. The maximum atomic E-state index is 14.4. The van der Waals surface area contributed by atoms with Crippen LogP contribution in [0.25, 0.3) is 0 Å². The number of rotatable bonds is 4. The minimum Gasteiger partial charge on any atom is -0.343 e. The molecule has 0 bridgehead atoms. The normalized spacial score (nSPS) is 20.8. The Bertz CT molecular complexity index is 1350. The van der Waals surface area contributed by atoms with Crippen molar-refractivity contribution in [2.75, 3.05) is 18.4 Å². The molecule has 2 aliphatic heterocycles. The average Bonchev–Trinajstić information content (AvgIpc) is 3.43. The molecule has 1 aromatic heterocycles. The van der Waals surface area contributed by atoms with Gasteiger partial charge in [-0.1, -0.05) is 60.7 Å². The number of carbonyl (C=O) groups excluding carboxylic acids is 1. The van der Waals surface area contributed by atoms with Crippen LogP contribution in [-0.2, 0) is 4.79 Å². The molecule has 3 aromatic rings. The number of amides is 1. The number of aromatic nitrogens is 2. The largest absolute Gasteiger partial charge is 0.343 e. The maximum absolute atomic E-state index is 14.4. The Hall–Kier alpha value is -2.83. The van der Waals surface area contributed by atoms with Gasteiger partial charge in [-0.2, -0.15) is 5.10 Å². The SMILES string of the molecule is O=C(C1=C(C2CCCCC2)Nc2ccnn2C1c1ccc(Cl)c(Cl)c1)N1CCC(c2ccc(F)cc2)CC1. The van der Waals surface area contributed by atoms with Gasteiger partial charge in [-0.3, -0.25) is 4.79 Å². The number of benzene rings is 2. The topological polar surface area (TPSA) is 50.2 Å². The molecule has 1 saturated carbocycles. The summed E-state index contributed by atoms with van der Waals surface area (Å²) in [5.41, 5.74) is 3.81. The Kier molecular flexibility index (Phi) is 7.19. The van der Waals surface area contributed by atoms with Crippen molar-refractivity contribution in [2.24, 2.45) is 5.92 Å². The number of hydrogen-bond acceptors (Lipinski definition) is 3. The first kappa shape index (κ1) is 25.4. The zero-order valence-electron chi connectivity index (χ0n) is 21.2. The Balaban J connectivity index is 1.36. The number of allylic oxidation sites excluding steroid dienone is 1. The van der Waals surface area contributed by atoms with E-state index in [0.717, 1.165) is 66.7 Å². The van der Waals surface area contributed by atoms with Crippen LogP contribution in [0.1, 0.15) is 68.0 Å². The van der Waals surface area contributed by atoms with Gasteiger partial charge >= 0.3 is 0 Å². The quantitative estimate of drug-likeness (QED) is 0.362. The van der Waals surface area contributed by atoms with Crippen molar-refractivity contribution in [2.45, 2.75) is 56.9 Å². The molecule has 3 aliphatic rings. The van der Waals surface area contributed by atoms with E-state index in [2.05, 4.69) is 10.4 Å².